The molecule has 3 aromatic carbocycles. The van der Waals surface area contributed by atoms with Crippen molar-refractivity contribution in [3.8, 4) is 0 Å². The molecular weight excluding hydrogens is 978 g/mol. The molecule has 0 aromatic heterocycles. The summed E-state index contributed by atoms with van der Waals surface area (Å²) in [5, 5.41) is 16.8. The fourth-order valence-corrected chi connectivity index (χ4v) is 11.1. The molecule has 0 radical (unpaired) electrons. The Morgan fingerprint density at radius 3 is 2.00 bits per heavy atom. The highest BCUT2D eigenvalue weighted by atomic mass is 31.2. The summed E-state index contributed by atoms with van der Waals surface area (Å²) < 4.78 is 64.3. The van der Waals surface area contributed by atoms with Crippen molar-refractivity contribution >= 4 is 49.5 Å². The zero-order valence-electron chi connectivity index (χ0n) is 41.0. The summed E-state index contributed by atoms with van der Waals surface area (Å²) in [5.74, 6) is -7.58. The highest BCUT2D eigenvalue weighted by Crippen LogP contribution is 2.65. The standard InChI is InChI=1S/C51H58NO20P/c1-8-64-47(59)70-40(38(31-18-12-9-13-19-31)52-44(56)32-20-14-10-15-21-32)46(58)69-34-25-51(60)43(71-45(57)33-22-16-11-17-23-33)41-49(7,42(55)39(68-29(3)53)37(28(34)2)48(51,5)6)35(66-27-67-73(61,62)63)24-36-50(41,26-65-36)72-30(4)54/h9-23,34-36,38-41,43,60H,8,24-27H2,1-7H3,(H,52,56)(H2,61,62,63)/t34-,35-,36+,38-,39+,40+,41-,43-,49+,50?,51+/m0/s1. The predicted molar refractivity (Wildman–Crippen MR) is 250 cm³/mol. The van der Waals surface area contributed by atoms with Gasteiger partial charge in [-0.3, -0.25) is 23.7 Å². The van der Waals surface area contributed by atoms with Gasteiger partial charge in [0.05, 0.1) is 36.2 Å². The number of rotatable bonds is 16. The molecule has 3 aliphatic carbocycles. The van der Waals surface area contributed by atoms with Gasteiger partial charge in [-0.05, 0) is 61.7 Å². The van der Waals surface area contributed by atoms with Crippen LogP contribution in [0.4, 0.5) is 4.79 Å². The molecule has 22 heteroatoms. The zero-order chi connectivity index (χ0) is 53.3. The Morgan fingerprint density at radius 2 is 1.45 bits per heavy atom. The highest BCUT2D eigenvalue weighted by Gasteiger charge is 2.79. The van der Waals surface area contributed by atoms with Crippen molar-refractivity contribution in [3.63, 3.8) is 0 Å². The van der Waals surface area contributed by atoms with E-state index < -0.39 is 140 Å². The lowest BCUT2D eigenvalue weighted by atomic mass is 9.44. The number of amides is 1. The van der Waals surface area contributed by atoms with E-state index in [0.717, 1.165) is 13.8 Å². The maximum Gasteiger partial charge on any atom is 0.509 e. The van der Waals surface area contributed by atoms with Crippen molar-refractivity contribution < 1.29 is 95.4 Å². The van der Waals surface area contributed by atoms with E-state index in [9.17, 15) is 43.4 Å². The molecule has 3 fully saturated rings. The Balaban J connectivity index is 1.45. The Morgan fingerprint density at radius 1 is 0.849 bits per heavy atom. The number of fused-ring (bicyclic) bond motifs is 5. The maximum atomic E-state index is 16.1. The molecule has 1 heterocycles. The van der Waals surface area contributed by atoms with Gasteiger partial charge in [-0.25, -0.2) is 18.9 Å². The fraction of sp³-hybridized carbons (Fsp3) is 0.471. The second-order valence-corrected chi connectivity index (χ2v) is 20.2. The van der Waals surface area contributed by atoms with Crippen LogP contribution in [0.3, 0.4) is 0 Å². The Labute approximate surface area is 420 Å². The Kier molecular flexibility index (Phi) is 15.9. The quantitative estimate of drug-likeness (QED) is 0.0482. The number of phosphoric acid groups is 1. The number of phosphoric ester groups is 1. The normalized spacial score (nSPS) is 28.9. The minimum Gasteiger partial charge on any atom is -0.455 e. The van der Waals surface area contributed by atoms with Crippen LogP contribution in [-0.2, 0) is 66.2 Å². The van der Waals surface area contributed by atoms with Crippen molar-refractivity contribution in [2.24, 2.45) is 16.7 Å². The van der Waals surface area contributed by atoms with Gasteiger partial charge < -0.3 is 58.1 Å². The molecule has 2 saturated carbocycles. The first-order chi connectivity index (χ1) is 34.4. The Hall–Kier alpha value is -6.32. The van der Waals surface area contributed by atoms with Crippen molar-refractivity contribution in [3.05, 3.63) is 119 Å². The molecule has 392 valence electrons. The van der Waals surface area contributed by atoms with Gasteiger partial charge in [-0.1, -0.05) is 80.6 Å². The van der Waals surface area contributed by atoms with Crippen LogP contribution in [-0.4, -0.2) is 124 Å². The van der Waals surface area contributed by atoms with E-state index in [1.807, 2.05) is 0 Å². The number of esters is 4. The lowest BCUT2D eigenvalue weighted by Crippen LogP contribution is -2.82. The van der Waals surface area contributed by atoms with E-state index in [1.165, 1.54) is 58.9 Å². The molecule has 1 amide bonds. The number of carbonyl (C=O) groups excluding carboxylic acids is 7. The van der Waals surface area contributed by atoms with Gasteiger partial charge in [0.25, 0.3) is 5.91 Å². The summed E-state index contributed by atoms with van der Waals surface area (Å²) >= 11 is 0. The first-order valence-electron chi connectivity index (χ1n) is 23.4. The molecule has 3 aromatic rings. The minimum atomic E-state index is -5.19. The number of hydrogen-bond donors (Lipinski definition) is 4. The van der Waals surface area contributed by atoms with E-state index in [4.69, 9.17) is 37.9 Å². The van der Waals surface area contributed by atoms with Gasteiger partial charge in [0.1, 0.15) is 30.0 Å². The lowest BCUT2D eigenvalue weighted by molar-refractivity contribution is -0.350. The van der Waals surface area contributed by atoms with Gasteiger partial charge in [0.15, 0.2) is 24.3 Å². The van der Waals surface area contributed by atoms with Gasteiger partial charge in [-0.15, -0.1) is 0 Å². The summed E-state index contributed by atoms with van der Waals surface area (Å²) in [4.78, 5) is 119. The van der Waals surface area contributed by atoms with Crippen LogP contribution >= 0.6 is 7.82 Å². The Bertz CT molecular complexity index is 2680. The lowest BCUT2D eigenvalue weighted by Gasteiger charge is -2.67. The molecule has 21 nitrogen and oxygen atoms in total. The number of nitrogens with one attached hydrogen (secondary N) is 1. The number of benzene rings is 3. The largest absolute Gasteiger partial charge is 0.509 e. The molecular formula is C51H58NO20P. The third-order valence-corrected chi connectivity index (χ3v) is 14.8. The zero-order valence-corrected chi connectivity index (χ0v) is 41.9. The monoisotopic (exact) mass is 1040 g/mol. The number of hydrogen-bond acceptors (Lipinski definition) is 18. The number of Topliss-reactive ketones (excluding diaryl/α,β-unsaturated/α-hetero) is 1. The van der Waals surface area contributed by atoms with Crippen LogP contribution < -0.4 is 5.32 Å². The van der Waals surface area contributed by atoms with Crippen molar-refractivity contribution in [1.82, 2.24) is 5.32 Å². The average Bonchev–Trinajstić information content (AvgIpc) is 3.33. The van der Waals surface area contributed by atoms with E-state index in [1.54, 1.807) is 66.7 Å². The van der Waals surface area contributed by atoms with Crippen LogP contribution in [0.25, 0.3) is 0 Å². The second kappa shape index (κ2) is 21.3. The first kappa shape index (κ1) is 54.5. The number of ketones is 1. The van der Waals surface area contributed by atoms with Crippen molar-refractivity contribution in [2.75, 3.05) is 20.0 Å². The van der Waals surface area contributed by atoms with Crippen LogP contribution in [0.15, 0.2) is 102 Å². The smallest absolute Gasteiger partial charge is 0.455 e. The minimum absolute atomic E-state index is 0.0208. The highest BCUT2D eigenvalue weighted by molar-refractivity contribution is 7.46. The molecule has 1 aliphatic heterocycles. The molecule has 1 saturated heterocycles. The topological polar surface area (TPSA) is 292 Å². The number of ether oxygens (including phenoxy) is 8. The molecule has 2 bridgehead atoms. The fourth-order valence-electron chi connectivity index (χ4n) is 10.9. The van der Waals surface area contributed by atoms with Crippen LogP contribution in [0.2, 0.25) is 0 Å². The molecule has 73 heavy (non-hydrogen) atoms. The summed E-state index contributed by atoms with van der Waals surface area (Å²) in [7, 11) is -5.19. The third-order valence-electron chi connectivity index (χ3n) is 14.4. The van der Waals surface area contributed by atoms with Crippen LogP contribution in [0.5, 0.6) is 0 Å². The SMILES string of the molecule is CCOC(=O)O[C@@H](C(=O)O[C@H]1C[C@@]2(O)[C@@H](OC(=O)c3ccccc3)[C@@H]3C4(OC(C)=O)CO[C@@H]4C[C@H](OCOP(=O)(O)O)[C@@]3(C)C(=O)[C@H](OC(C)=O)C(=C1C)C2(C)C)[C@@H](NC(=O)c1ccccc1)c1ccccc1. The summed E-state index contributed by atoms with van der Waals surface area (Å²) in [5.41, 5.74) is -8.19. The first-order valence-corrected chi connectivity index (χ1v) is 24.9. The van der Waals surface area contributed by atoms with E-state index >= 15 is 9.59 Å². The second-order valence-electron chi connectivity index (χ2n) is 19.0. The molecule has 1 unspecified atom stereocenters. The maximum absolute atomic E-state index is 16.1. The molecule has 4 aliphatic rings. The molecule has 4 N–H and O–H groups in total. The number of aliphatic hydroxyl groups is 1. The predicted octanol–water partition coefficient (Wildman–Crippen LogP) is 5.01. The van der Waals surface area contributed by atoms with E-state index in [0.29, 0.717) is 0 Å². The van der Waals surface area contributed by atoms with Crippen molar-refractivity contribution in [1.29, 1.82) is 0 Å². The van der Waals surface area contributed by atoms with Crippen LogP contribution in [0.1, 0.15) is 93.6 Å². The van der Waals surface area contributed by atoms with Gasteiger partial charge >= 0.3 is 37.9 Å². The van der Waals surface area contributed by atoms with Crippen molar-refractivity contribution in [2.45, 2.75) is 115 Å². The van der Waals surface area contributed by atoms with Gasteiger partial charge in [-0.2, -0.15) is 0 Å². The van der Waals surface area contributed by atoms with E-state index in [-0.39, 0.29) is 40.9 Å². The molecule has 11 atom stereocenters. The summed E-state index contributed by atoms with van der Waals surface area (Å²) in [6.45, 7) is 7.68. The van der Waals surface area contributed by atoms with E-state index in [2.05, 4.69) is 9.84 Å². The number of carbonyl (C=O) groups is 7. The van der Waals surface area contributed by atoms with Crippen LogP contribution in [0, 0.1) is 16.7 Å². The molecule has 7 rings (SSSR count). The summed E-state index contributed by atoms with van der Waals surface area (Å²) in [6, 6.07) is 22.1. The third kappa shape index (κ3) is 10.6. The van der Waals surface area contributed by atoms with Gasteiger partial charge in [0, 0.05) is 37.7 Å². The average molecular weight is 1040 g/mol. The molecule has 0 spiro atoms. The van der Waals surface area contributed by atoms with Gasteiger partial charge in [0.2, 0.25) is 6.10 Å². The summed E-state index contributed by atoms with van der Waals surface area (Å²) in [6.07, 6.45) is -12.7.